The third-order valence-electron chi connectivity index (χ3n) is 3.61. The van der Waals surface area contributed by atoms with Gasteiger partial charge in [0, 0.05) is 19.2 Å². The Morgan fingerprint density at radius 3 is 2.44 bits per heavy atom. The van der Waals surface area contributed by atoms with E-state index in [0.717, 1.165) is 15.9 Å². The molecule has 1 aromatic heterocycles. The zero-order chi connectivity index (χ0) is 13.4. The lowest BCUT2D eigenvalue weighted by atomic mass is 9.97. The molecule has 2 rings (SSSR count). The predicted octanol–water partition coefficient (Wildman–Crippen LogP) is 3.23. The van der Waals surface area contributed by atoms with E-state index in [2.05, 4.69) is 53.9 Å². The Morgan fingerprint density at radius 2 is 1.89 bits per heavy atom. The Labute approximate surface area is 116 Å². The molecule has 0 saturated carbocycles. The lowest BCUT2D eigenvalue weighted by Crippen LogP contribution is -2.04. The van der Waals surface area contributed by atoms with E-state index in [4.69, 9.17) is 5.73 Å². The number of hydrogen-bond acceptors (Lipinski definition) is 2. The molecule has 0 saturated heterocycles. The number of aryl methyl sites for hydroxylation is 2. The Morgan fingerprint density at radius 1 is 1.22 bits per heavy atom. The lowest BCUT2D eigenvalue weighted by Gasteiger charge is -2.09. The number of rotatable bonds is 2. The van der Waals surface area contributed by atoms with E-state index in [9.17, 15) is 0 Å². The summed E-state index contributed by atoms with van der Waals surface area (Å²) in [5, 5.41) is 4.57. The number of hydrogen-bond donors (Lipinski definition) is 1. The van der Waals surface area contributed by atoms with Gasteiger partial charge in [-0.2, -0.15) is 5.10 Å². The first kappa shape index (κ1) is 13.3. The molecule has 1 heterocycles. The largest absolute Gasteiger partial charge is 0.325 e. The van der Waals surface area contributed by atoms with Crippen LogP contribution in [-0.2, 0) is 13.6 Å². The number of nitrogens with two attached hydrogens (primary N) is 1. The fourth-order valence-corrected chi connectivity index (χ4v) is 2.85. The summed E-state index contributed by atoms with van der Waals surface area (Å²) in [5.41, 5.74) is 12.8. The minimum atomic E-state index is 0.480. The Bertz CT molecular complexity index is 600. The van der Waals surface area contributed by atoms with Crippen LogP contribution in [-0.4, -0.2) is 9.78 Å². The van der Waals surface area contributed by atoms with Crippen LogP contribution in [0.2, 0.25) is 0 Å². The van der Waals surface area contributed by atoms with E-state index < -0.39 is 0 Å². The van der Waals surface area contributed by atoms with Crippen molar-refractivity contribution in [3.8, 4) is 11.3 Å². The van der Waals surface area contributed by atoms with E-state index in [0.29, 0.717) is 6.54 Å². The summed E-state index contributed by atoms with van der Waals surface area (Å²) >= 11 is 3.61. The first-order chi connectivity index (χ1) is 8.47. The van der Waals surface area contributed by atoms with Gasteiger partial charge >= 0.3 is 0 Å². The van der Waals surface area contributed by atoms with Crippen LogP contribution in [0.25, 0.3) is 11.3 Å². The van der Waals surface area contributed by atoms with E-state index in [1.807, 2.05) is 11.7 Å². The van der Waals surface area contributed by atoms with Gasteiger partial charge in [0.25, 0.3) is 0 Å². The van der Waals surface area contributed by atoms with Crippen molar-refractivity contribution in [2.45, 2.75) is 27.3 Å². The Hall–Kier alpha value is -1.13. The van der Waals surface area contributed by atoms with Crippen LogP contribution >= 0.6 is 15.9 Å². The number of benzene rings is 1. The van der Waals surface area contributed by atoms with Crippen LogP contribution in [0.4, 0.5) is 0 Å². The highest BCUT2D eigenvalue weighted by Gasteiger charge is 2.16. The number of nitrogens with zero attached hydrogens (tertiary/aromatic N) is 2. The molecule has 0 amide bonds. The van der Waals surface area contributed by atoms with Gasteiger partial charge in [0.15, 0.2) is 0 Å². The minimum Gasteiger partial charge on any atom is -0.325 e. The van der Waals surface area contributed by atoms with Gasteiger partial charge in [-0.05, 0) is 53.4 Å². The molecule has 0 atom stereocenters. The van der Waals surface area contributed by atoms with Crippen molar-refractivity contribution in [1.29, 1.82) is 0 Å². The van der Waals surface area contributed by atoms with Gasteiger partial charge in [-0.3, -0.25) is 4.68 Å². The van der Waals surface area contributed by atoms with Crippen LogP contribution < -0.4 is 5.73 Å². The first-order valence-corrected chi connectivity index (χ1v) is 6.75. The molecule has 0 aliphatic heterocycles. The van der Waals surface area contributed by atoms with Crippen molar-refractivity contribution < 1.29 is 0 Å². The zero-order valence-electron chi connectivity index (χ0n) is 11.2. The molecule has 96 valence electrons. The van der Waals surface area contributed by atoms with Gasteiger partial charge in [0.1, 0.15) is 5.69 Å². The first-order valence-electron chi connectivity index (χ1n) is 5.96. The quantitative estimate of drug-likeness (QED) is 0.925. The molecule has 0 unspecified atom stereocenters. The summed E-state index contributed by atoms with van der Waals surface area (Å²) in [6.07, 6.45) is 0. The molecule has 2 aromatic rings. The second kappa shape index (κ2) is 4.86. The van der Waals surface area contributed by atoms with Gasteiger partial charge in [0.05, 0.1) is 10.2 Å². The van der Waals surface area contributed by atoms with Gasteiger partial charge in [-0.25, -0.2) is 0 Å². The van der Waals surface area contributed by atoms with E-state index in [1.54, 1.807) is 0 Å². The molecular weight excluding hydrogens is 290 g/mol. The maximum Gasteiger partial charge on any atom is 0.107 e. The fourth-order valence-electron chi connectivity index (χ4n) is 2.14. The standard InChI is InChI=1S/C14H18BrN3/c1-8-5-6-11(10(3)9(8)2)14-13(15)12(7-16)18(4)17-14/h5-6H,7,16H2,1-4H3. The second-order valence-electron chi connectivity index (χ2n) is 4.62. The smallest absolute Gasteiger partial charge is 0.107 e. The summed E-state index contributed by atoms with van der Waals surface area (Å²) in [4.78, 5) is 0. The van der Waals surface area contributed by atoms with Crippen LogP contribution in [0.5, 0.6) is 0 Å². The highest BCUT2D eigenvalue weighted by Crippen LogP contribution is 2.33. The van der Waals surface area contributed by atoms with Crippen LogP contribution in [0, 0.1) is 20.8 Å². The maximum atomic E-state index is 5.74. The number of aromatic nitrogens is 2. The highest BCUT2D eigenvalue weighted by atomic mass is 79.9. The number of halogens is 1. The molecule has 1 aromatic carbocycles. The van der Waals surface area contributed by atoms with Crippen molar-refractivity contribution in [2.75, 3.05) is 0 Å². The summed E-state index contributed by atoms with van der Waals surface area (Å²) in [5.74, 6) is 0. The molecule has 0 fully saturated rings. The SMILES string of the molecule is Cc1ccc(-c2nn(C)c(CN)c2Br)c(C)c1C. The van der Waals surface area contributed by atoms with Crippen LogP contribution in [0.3, 0.4) is 0 Å². The molecule has 0 spiro atoms. The average Bonchev–Trinajstić information content (AvgIpc) is 2.62. The van der Waals surface area contributed by atoms with E-state index in [1.165, 1.54) is 22.3 Å². The minimum absolute atomic E-state index is 0.480. The van der Waals surface area contributed by atoms with Gasteiger partial charge < -0.3 is 5.73 Å². The van der Waals surface area contributed by atoms with Crippen LogP contribution in [0.1, 0.15) is 22.4 Å². The van der Waals surface area contributed by atoms with Gasteiger partial charge in [-0.1, -0.05) is 12.1 Å². The van der Waals surface area contributed by atoms with Crippen molar-refractivity contribution in [2.24, 2.45) is 12.8 Å². The third-order valence-corrected chi connectivity index (χ3v) is 4.44. The van der Waals surface area contributed by atoms with Gasteiger partial charge in [0.2, 0.25) is 0 Å². The Balaban J connectivity index is 2.67. The van der Waals surface area contributed by atoms with Gasteiger partial charge in [-0.15, -0.1) is 0 Å². The molecule has 0 bridgehead atoms. The normalized spacial score (nSPS) is 11.0. The van der Waals surface area contributed by atoms with Crippen molar-refractivity contribution in [3.63, 3.8) is 0 Å². The molecule has 0 aliphatic carbocycles. The topological polar surface area (TPSA) is 43.8 Å². The van der Waals surface area contributed by atoms with Crippen molar-refractivity contribution in [3.05, 3.63) is 39.0 Å². The summed E-state index contributed by atoms with van der Waals surface area (Å²) in [6.45, 7) is 6.90. The predicted molar refractivity (Wildman–Crippen MR) is 78.4 cm³/mol. The molecule has 0 radical (unpaired) electrons. The monoisotopic (exact) mass is 307 g/mol. The van der Waals surface area contributed by atoms with Crippen molar-refractivity contribution in [1.82, 2.24) is 9.78 Å². The fraction of sp³-hybridized carbons (Fsp3) is 0.357. The lowest BCUT2D eigenvalue weighted by molar-refractivity contribution is 0.712. The Kier molecular flexibility index (Phi) is 3.59. The molecule has 3 nitrogen and oxygen atoms in total. The summed E-state index contributed by atoms with van der Waals surface area (Å²) in [6, 6.07) is 4.27. The summed E-state index contributed by atoms with van der Waals surface area (Å²) < 4.78 is 2.84. The molecule has 2 N–H and O–H groups in total. The highest BCUT2D eigenvalue weighted by molar-refractivity contribution is 9.10. The maximum absolute atomic E-state index is 5.74. The molecule has 0 aliphatic rings. The second-order valence-corrected chi connectivity index (χ2v) is 5.41. The molecule has 4 heteroatoms. The molecular formula is C14H18BrN3. The van der Waals surface area contributed by atoms with Crippen LogP contribution in [0.15, 0.2) is 16.6 Å². The van der Waals surface area contributed by atoms with E-state index >= 15 is 0 Å². The van der Waals surface area contributed by atoms with E-state index in [-0.39, 0.29) is 0 Å². The van der Waals surface area contributed by atoms with Crippen molar-refractivity contribution >= 4 is 15.9 Å². The average molecular weight is 308 g/mol. The summed E-state index contributed by atoms with van der Waals surface area (Å²) in [7, 11) is 1.92. The third kappa shape index (κ3) is 1.99. The molecule has 18 heavy (non-hydrogen) atoms. The zero-order valence-corrected chi connectivity index (χ0v) is 12.8.